The zero-order valence-corrected chi connectivity index (χ0v) is 12.1. The number of aromatic nitrogens is 2. The molecule has 22 heavy (non-hydrogen) atoms. The van der Waals surface area contributed by atoms with Crippen LogP contribution in [0.4, 0.5) is 0 Å². The van der Waals surface area contributed by atoms with Crippen LogP contribution in [0.3, 0.4) is 0 Å². The molecule has 0 saturated heterocycles. The van der Waals surface area contributed by atoms with E-state index >= 15 is 0 Å². The molecule has 0 aliphatic carbocycles. The number of aliphatic imine (C=N–C) groups is 1. The predicted octanol–water partition coefficient (Wildman–Crippen LogP) is 2.17. The minimum absolute atomic E-state index is 0.214. The zero-order chi connectivity index (χ0) is 15.8. The molecular weight excluding hydrogens is 280 g/mol. The molecule has 0 radical (unpaired) electrons. The monoisotopic (exact) mass is 294 g/mol. The van der Waals surface area contributed by atoms with Crippen molar-refractivity contribution in [1.29, 1.82) is 5.26 Å². The van der Waals surface area contributed by atoms with E-state index in [0.717, 1.165) is 11.1 Å². The molecule has 110 valence electrons. The lowest BCUT2D eigenvalue weighted by molar-refractivity contribution is -0.134. The Bertz CT molecular complexity index is 703. The van der Waals surface area contributed by atoms with Gasteiger partial charge >= 0.3 is 5.97 Å². The maximum Gasteiger partial charge on any atom is 0.367 e. The molecule has 0 atom stereocenters. The number of carbonyl (C=O) groups excluding carboxylic acids is 1. The van der Waals surface area contributed by atoms with Gasteiger partial charge in [-0.15, -0.1) is 0 Å². The molecule has 0 amide bonds. The lowest BCUT2D eigenvalue weighted by atomic mass is 10.1. The van der Waals surface area contributed by atoms with Crippen molar-refractivity contribution in [3.05, 3.63) is 48.3 Å². The first-order valence-electron chi connectivity index (χ1n) is 6.72. The third kappa shape index (κ3) is 3.96. The molecule has 1 heterocycles. The first-order chi connectivity index (χ1) is 10.7. The van der Waals surface area contributed by atoms with E-state index in [1.165, 1.54) is 0 Å². The van der Waals surface area contributed by atoms with Crippen molar-refractivity contribution in [3.63, 3.8) is 0 Å². The van der Waals surface area contributed by atoms with Gasteiger partial charge in [0.15, 0.2) is 5.82 Å². The molecule has 2 aromatic rings. The number of benzene rings is 1. The van der Waals surface area contributed by atoms with Gasteiger partial charge in [0.05, 0.1) is 13.2 Å². The topological polar surface area (TPSA) is 88.2 Å². The van der Waals surface area contributed by atoms with E-state index in [9.17, 15) is 4.79 Å². The van der Waals surface area contributed by atoms with Crippen LogP contribution >= 0.6 is 0 Å². The summed E-state index contributed by atoms with van der Waals surface area (Å²) in [5, 5.41) is 8.90. The second kappa shape index (κ2) is 7.64. The number of hydrogen-bond donors (Lipinski definition) is 0. The molecule has 1 aromatic heterocycles. The fraction of sp³-hybridized carbons (Fsp3) is 0.188. The van der Waals surface area contributed by atoms with Crippen LogP contribution in [0, 0.1) is 11.3 Å². The molecule has 0 fully saturated rings. The molecule has 0 aliphatic rings. The standard InChI is InChI=1S/C16H14N4O2/c1-2-22-16(21)14(10-17)20-11-12-4-6-13(7-5-12)15-18-8-3-9-19-15/h3-9H,2,11H2,1H3. The van der Waals surface area contributed by atoms with Crippen molar-refractivity contribution in [2.45, 2.75) is 13.5 Å². The number of nitriles is 1. The minimum atomic E-state index is -0.695. The number of carbonyl (C=O) groups is 1. The lowest BCUT2D eigenvalue weighted by Gasteiger charge is -2.02. The largest absolute Gasteiger partial charge is 0.461 e. The lowest BCUT2D eigenvalue weighted by Crippen LogP contribution is -2.15. The van der Waals surface area contributed by atoms with Gasteiger partial charge in [0.2, 0.25) is 5.71 Å². The van der Waals surface area contributed by atoms with Gasteiger partial charge in [0.25, 0.3) is 0 Å². The van der Waals surface area contributed by atoms with Crippen LogP contribution in [0.25, 0.3) is 11.4 Å². The van der Waals surface area contributed by atoms with Gasteiger partial charge < -0.3 is 4.74 Å². The number of esters is 1. The summed E-state index contributed by atoms with van der Waals surface area (Å²) in [6, 6.07) is 11.0. The van der Waals surface area contributed by atoms with Crippen LogP contribution in [0.1, 0.15) is 12.5 Å². The van der Waals surface area contributed by atoms with E-state index in [2.05, 4.69) is 15.0 Å². The van der Waals surface area contributed by atoms with Gasteiger partial charge in [-0.3, -0.25) is 4.99 Å². The summed E-state index contributed by atoms with van der Waals surface area (Å²) < 4.78 is 4.75. The smallest absolute Gasteiger partial charge is 0.367 e. The van der Waals surface area contributed by atoms with Gasteiger partial charge in [0.1, 0.15) is 6.07 Å². The predicted molar refractivity (Wildman–Crippen MR) is 80.9 cm³/mol. The van der Waals surface area contributed by atoms with Gasteiger partial charge in [-0.05, 0) is 18.6 Å². The average molecular weight is 294 g/mol. The maximum absolute atomic E-state index is 11.4. The second-order valence-electron chi connectivity index (χ2n) is 4.27. The summed E-state index contributed by atoms with van der Waals surface area (Å²) in [6.45, 7) is 2.13. The highest BCUT2D eigenvalue weighted by Crippen LogP contribution is 2.15. The number of rotatable bonds is 5. The SMILES string of the molecule is CCOC(=O)C(C#N)=NCc1ccc(-c2ncccn2)cc1. The van der Waals surface area contributed by atoms with Gasteiger partial charge in [-0.1, -0.05) is 24.3 Å². The summed E-state index contributed by atoms with van der Waals surface area (Å²) in [5.41, 5.74) is 1.54. The Hall–Kier alpha value is -3.07. The highest BCUT2D eigenvalue weighted by Gasteiger charge is 2.11. The van der Waals surface area contributed by atoms with Crippen LogP contribution in [0.15, 0.2) is 47.7 Å². The van der Waals surface area contributed by atoms with Crippen LogP contribution in [-0.2, 0) is 16.1 Å². The van der Waals surface area contributed by atoms with Gasteiger partial charge in [-0.2, -0.15) is 5.26 Å². The van der Waals surface area contributed by atoms with Crippen molar-refractivity contribution in [1.82, 2.24) is 9.97 Å². The molecule has 6 nitrogen and oxygen atoms in total. The Balaban J connectivity index is 2.08. The first kappa shape index (κ1) is 15.3. The van der Waals surface area contributed by atoms with Crippen LogP contribution in [0.2, 0.25) is 0 Å². The number of nitrogens with zero attached hydrogens (tertiary/aromatic N) is 4. The van der Waals surface area contributed by atoms with Crippen LogP contribution < -0.4 is 0 Å². The van der Waals surface area contributed by atoms with E-state index < -0.39 is 5.97 Å². The minimum Gasteiger partial charge on any atom is -0.461 e. The van der Waals surface area contributed by atoms with E-state index in [-0.39, 0.29) is 18.9 Å². The fourth-order valence-corrected chi connectivity index (χ4v) is 1.72. The third-order valence-electron chi connectivity index (χ3n) is 2.77. The Morgan fingerprint density at radius 3 is 2.55 bits per heavy atom. The highest BCUT2D eigenvalue weighted by atomic mass is 16.5. The zero-order valence-electron chi connectivity index (χ0n) is 12.1. The van der Waals surface area contributed by atoms with Gasteiger partial charge in [0, 0.05) is 18.0 Å². The number of hydrogen-bond acceptors (Lipinski definition) is 6. The summed E-state index contributed by atoms with van der Waals surface area (Å²) >= 11 is 0. The summed E-state index contributed by atoms with van der Waals surface area (Å²) in [4.78, 5) is 23.8. The molecule has 0 N–H and O–H groups in total. The van der Waals surface area contributed by atoms with Crippen molar-refractivity contribution < 1.29 is 9.53 Å². The van der Waals surface area contributed by atoms with Crippen molar-refractivity contribution >= 4 is 11.7 Å². The van der Waals surface area contributed by atoms with Crippen LogP contribution in [-0.4, -0.2) is 28.3 Å². The van der Waals surface area contributed by atoms with E-state index in [0.29, 0.717) is 5.82 Å². The summed E-state index contributed by atoms with van der Waals surface area (Å²) in [5.74, 6) is -0.0545. The molecule has 0 spiro atoms. The van der Waals surface area contributed by atoms with E-state index in [1.54, 1.807) is 31.5 Å². The summed E-state index contributed by atoms with van der Waals surface area (Å²) in [6.07, 6.45) is 3.36. The van der Waals surface area contributed by atoms with Gasteiger partial charge in [-0.25, -0.2) is 14.8 Å². The molecule has 0 bridgehead atoms. The molecule has 0 aliphatic heterocycles. The van der Waals surface area contributed by atoms with E-state index in [4.69, 9.17) is 10.00 Å². The van der Waals surface area contributed by atoms with Crippen molar-refractivity contribution in [2.24, 2.45) is 4.99 Å². The maximum atomic E-state index is 11.4. The van der Waals surface area contributed by atoms with Crippen LogP contribution in [0.5, 0.6) is 0 Å². The average Bonchev–Trinajstić information content (AvgIpc) is 2.57. The Kier molecular flexibility index (Phi) is 5.32. The Morgan fingerprint density at radius 1 is 1.27 bits per heavy atom. The molecule has 2 rings (SSSR count). The normalized spacial score (nSPS) is 10.8. The molecule has 1 aromatic carbocycles. The highest BCUT2D eigenvalue weighted by molar-refractivity contribution is 6.43. The molecule has 6 heteroatoms. The van der Waals surface area contributed by atoms with E-state index in [1.807, 2.05) is 24.3 Å². The second-order valence-corrected chi connectivity index (χ2v) is 4.27. The fourth-order valence-electron chi connectivity index (χ4n) is 1.72. The number of ether oxygens (including phenoxy) is 1. The Labute approximate surface area is 128 Å². The van der Waals surface area contributed by atoms with Crippen molar-refractivity contribution in [2.75, 3.05) is 6.61 Å². The molecule has 0 saturated carbocycles. The summed E-state index contributed by atoms with van der Waals surface area (Å²) in [7, 11) is 0. The van der Waals surface area contributed by atoms with Crippen molar-refractivity contribution in [3.8, 4) is 17.5 Å². The third-order valence-corrected chi connectivity index (χ3v) is 2.77. The quantitative estimate of drug-likeness (QED) is 0.623. The molecule has 0 unspecified atom stereocenters. The first-order valence-corrected chi connectivity index (χ1v) is 6.72. The molecular formula is C16H14N4O2. The Morgan fingerprint density at radius 2 is 1.95 bits per heavy atom.